The maximum Gasteiger partial charge on any atom is 0.326 e. The number of benzene rings is 1. The molecule has 0 spiro atoms. The Balaban J connectivity index is 2.79. The molecule has 12 nitrogen and oxygen atoms in total. The smallest absolute Gasteiger partial charge is 0.326 e. The van der Waals surface area contributed by atoms with E-state index < -0.39 is 60.7 Å². The molecular formula is C18H25N5O7S. The molecule has 1 aromatic rings. The minimum Gasteiger partial charge on any atom is -0.508 e. The molecule has 0 aliphatic heterocycles. The van der Waals surface area contributed by atoms with Gasteiger partial charge in [0.05, 0.1) is 19.0 Å². The lowest BCUT2D eigenvalue weighted by Gasteiger charge is -2.21. The number of hydrogen-bond donors (Lipinski definition) is 8. The molecule has 0 saturated carbocycles. The van der Waals surface area contributed by atoms with Crippen LogP contribution in [0.4, 0.5) is 0 Å². The third-order valence-corrected chi connectivity index (χ3v) is 4.40. The van der Waals surface area contributed by atoms with Crippen molar-refractivity contribution in [1.82, 2.24) is 16.0 Å². The molecule has 0 bridgehead atoms. The predicted octanol–water partition coefficient (Wildman–Crippen LogP) is -2.76. The van der Waals surface area contributed by atoms with Crippen LogP contribution in [0.1, 0.15) is 12.0 Å². The molecule has 4 amide bonds. The molecule has 0 fully saturated rings. The summed E-state index contributed by atoms with van der Waals surface area (Å²) in [4.78, 5) is 59.0. The maximum absolute atomic E-state index is 12.5. The summed E-state index contributed by atoms with van der Waals surface area (Å²) in [5, 5.41) is 25.4. The van der Waals surface area contributed by atoms with Gasteiger partial charge in [-0.25, -0.2) is 4.79 Å². The van der Waals surface area contributed by atoms with Crippen molar-refractivity contribution in [1.29, 1.82) is 0 Å². The van der Waals surface area contributed by atoms with E-state index in [1.807, 2.05) is 0 Å². The van der Waals surface area contributed by atoms with E-state index in [0.717, 1.165) is 0 Å². The number of nitrogens with two attached hydrogens (primary N) is 2. The number of nitrogens with one attached hydrogen (secondary N) is 3. The Bertz CT molecular complexity index is 818. The van der Waals surface area contributed by atoms with Crippen molar-refractivity contribution in [3.05, 3.63) is 29.8 Å². The van der Waals surface area contributed by atoms with Gasteiger partial charge in [0.2, 0.25) is 23.6 Å². The molecule has 170 valence electrons. The van der Waals surface area contributed by atoms with Crippen molar-refractivity contribution in [3.8, 4) is 5.75 Å². The van der Waals surface area contributed by atoms with Gasteiger partial charge in [-0.2, -0.15) is 12.6 Å². The van der Waals surface area contributed by atoms with E-state index in [1.165, 1.54) is 24.3 Å². The highest BCUT2D eigenvalue weighted by molar-refractivity contribution is 7.80. The summed E-state index contributed by atoms with van der Waals surface area (Å²) in [7, 11) is 0. The van der Waals surface area contributed by atoms with Crippen molar-refractivity contribution in [2.75, 3.05) is 12.3 Å². The number of hydrogen-bond acceptors (Lipinski definition) is 8. The van der Waals surface area contributed by atoms with Gasteiger partial charge in [-0.05, 0) is 17.7 Å². The lowest BCUT2D eigenvalue weighted by Crippen LogP contribution is -2.55. The van der Waals surface area contributed by atoms with Crippen LogP contribution in [0.15, 0.2) is 24.3 Å². The van der Waals surface area contributed by atoms with E-state index in [1.54, 1.807) is 0 Å². The molecule has 0 radical (unpaired) electrons. The van der Waals surface area contributed by atoms with Gasteiger partial charge in [0.1, 0.15) is 17.8 Å². The molecule has 0 saturated heterocycles. The number of phenols is 1. The minimum atomic E-state index is -1.46. The fourth-order valence-electron chi connectivity index (χ4n) is 2.38. The molecule has 1 aromatic carbocycles. The molecule has 0 aromatic heterocycles. The molecule has 3 unspecified atom stereocenters. The lowest BCUT2D eigenvalue weighted by molar-refractivity contribution is -0.142. The topological polar surface area (TPSA) is 214 Å². The molecule has 9 N–H and O–H groups in total. The second-order valence-corrected chi connectivity index (χ2v) is 6.93. The van der Waals surface area contributed by atoms with E-state index >= 15 is 0 Å². The summed E-state index contributed by atoms with van der Waals surface area (Å²) in [5.74, 6) is -4.61. The molecule has 3 atom stereocenters. The van der Waals surface area contributed by atoms with Crippen LogP contribution in [-0.4, -0.2) is 70.2 Å². The first kappa shape index (κ1) is 25.7. The van der Waals surface area contributed by atoms with Crippen molar-refractivity contribution >= 4 is 42.2 Å². The Kier molecular flexibility index (Phi) is 10.3. The average Bonchev–Trinajstić information content (AvgIpc) is 2.71. The van der Waals surface area contributed by atoms with Gasteiger partial charge in [-0.3, -0.25) is 19.2 Å². The average molecular weight is 455 g/mol. The normalized spacial score (nSPS) is 13.4. The van der Waals surface area contributed by atoms with Gasteiger partial charge in [-0.15, -0.1) is 0 Å². The summed E-state index contributed by atoms with van der Waals surface area (Å²) in [5.41, 5.74) is 11.1. The second kappa shape index (κ2) is 12.4. The number of carbonyl (C=O) groups is 5. The molecule has 0 aliphatic rings. The number of aromatic hydroxyl groups is 1. The van der Waals surface area contributed by atoms with Gasteiger partial charge < -0.3 is 37.6 Å². The van der Waals surface area contributed by atoms with Crippen LogP contribution in [0.5, 0.6) is 5.75 Å². The maximum atomic E-state index is 12.5. The minimum absolute atomic E-state index is 0.00804. The number of carboxylic acids is 1. The molecule has 31 heavy (non-hydrogen) atoms. The van der Waals surface area contributed by atoms with Crippen LogP contribution in [-0.2, 0) is 30.4 Å². The highest BCUT2D eigenvalue weighted by Gasteiger charge is 2.28. The van der Waals surface area contributed by atoms with Gasteiger partial charge in [-0.1, -0.05) is 12.1 Å². The fourth-order valence-corrected chi connectivity index (χ4v) is 2.54. The van der Waals surface area contributed by atoms with Crippen molar-refractivity contribution in [3.63, 3.8) is 0 Å². The van der Waals surface area contributed by atoms with Gasteiger partial charge in [0, 0.05) is 12.2 Å². The summed E-state index contributed by atoms with van der Waals surface area (Å²) in [6.07, 6.45) is -0.705. The van der Waals surface area contributed by atoms with Crippen molar-refractivity contribution in [2.24, 2.45) is 11.5 Å². The van der Waals surface area contributed by atoms with Crippen LogP contribution in [0, 0.1) is 0 Å². The standard InChI is InChI=1S/C18H25N5O7S/c19-11(8-31)16(27)21-7-15(26)22-12(6-14(20)25)17(28)23-13(18(29)30)5-9-1-3-10(24)4-2-9/h1-4,11-13,24,31H,5-8,19H2,(H2,20,25)(H,21,27)(H,22,26)(H,23,28)(H,29,30). The quantitative estimate of drug-likeness (QED) is 0.154. The molecular weight excluding hydrogens is 430 g/mol. The number of primary amides is 1. The molecule has 0 heterocycles. The second-order valence-electron chi connectivity index (χ2n) is 6.57. The van der Waals surface area contributed by atoms with Crippen molar-refractivity contribution in [2.45, 2.75) is 31.0 Å². The number of aliphatic carboxylic acids is 1. The van der Waals surface area contributed by atoms with Gasteiger partial charge in [0.15, 0.2) is 0 Å². The first-order chi connectivity index (χ1) is 14.5. The Morgan fingerprint density at radius 1 is 1.00 bits per heavy atom. The summed E-state index contributed by atoms with van der Waals surface area (Å²) in [6.45, 7) is -0.529. The highest BCUT2D eigenvalue weighted by atomic mass is 32.1. The largest absolute Gasteiger partial charge is 0.508 e. The Labute approximate surface area is 183 Å². The van der Waals surface area contributed by atoms with Gasteiger partial charge in [0.25, 0.3) is 0 Å². The van der Waals surface area contributed by atoms with E-state index in [4.69, 9.17) is 11.5 Å². The van der Waals surface area contributed by atoms with Gasteiger partial charge >= 0.3 is 5.97 Å². The number of phenolic OH excluding ortho intramolecular Hbond substituents is 1. The Hall–Kier alpha value is -3.32. The zero-order valence-electron chi connectivity index (χ0n) is 16.4. The third-order valence-electron chi connectivity index (χ3n) is 4.00. The number of rotatable bonds is 12. The predicted molar refractivity (Wildman–Crippen MR) is 112 cm³/mol. The zero-order chi connectivity index (χ0) is 23.6. The van der Waals surface area contributed by atoms with E-state index in [-0.39, 0.29) is 17.9 Å². The Morgan fingerprint density at radius 3 is 2.13 bits per heavy atom. The third kappa shape index (κ3) is 9.35. The number of thiol groups is 1. The van der Waals surface area contributed by atoms with Crippen LogP contribution in [0.25, 0.3) is 0 Å². The monoisotopic (exact) mass is 455 g/mol. The summed E-state index contributed by atoms with van der Waals surface area (Å²) < 4.78 is 0. The fraction of sp³-hybridized carbons (Fsp3) is 0.389. The molecule has 0 aliphatic carbocycles. The molecule has 13 heteroatoms. The van der Waals surface area contributed by atoms with Crippen molar-refractivity contribution < 1.29 is 34.2 Å². The SMILES string of the molecule is NC(=O)CC(NC(=O)CNC(=O)C(N)CS)C(=O)NC(Cc1ccc(O)cc1)C(=O)O. The Morgan fingerprint density at radius 2 is 1.61 bits per heavy atom. The summed E-state index contributed by atoms with van der Waals surface area (Å²) >= 11 is 3.86. The van der Waals surface area contributed by atoms with Crippen LogP contribution in [0.2, 0.25) is 0 Å². The highest BCUT2D eigenvalue weighted by Crippen LogP contribution is 2.11. The number of carboxylic acid groups (broad SMARTS) is 1. The number of amides is 4. The first-order valence-corrected chi connectivity index (χ1v) is 9.69. The van der Waals surface area contributed by atoms with Crippen LogP contribution in [0.3, 0.4) is 0 Å². The van der Waals surface area contributed by atoms with Crippen LogP contribution >= 0.6 is 12.6 Å². The molecule has 1 rings (SSSR count). The van der Waals surface area contributed by atoms with E-state index in [2.05, 4.69) is 28.6 Å². The lowest BCUT2D eigenvalue weighted by atomic mass is 10.0. The first-order valence-electron chi connectivity index (χ1n) is 9.06. The van der Waals surface area contributed by atoms with E-state index in [9.17, 15) is 34.2 Å². The zero-order valence-corrected chi connectivity index (χ0v) is 17.3. The number of carbonyl (C=O) groups excluding carboxylic acids is 4. The van der Waals surface area contributed by atoms with Crippen LogP contribution < -0.4 is 27.4 Å². The van der Waals surface area contributed by atoms with E-state index in [0.29, 0.717) is 5.56 Å². The summed E-state index contributed by atoms with van der Waals surface area (Å²) in [6, 6.07) is 1.92.